The normalized spacial score (nSPS) is 13.6. The number of ether oxygens (including phenoxy) is 6. The maximum absolute atomic E-state index is 12.7. The molecule has 0 fully saturated rings. The van der Waals surface area contributed by atoms with Crippen LogP contribution in [-0.4, -0.2) is 44.1 Å². The Morgan fingerprint density at radius 2 is 1.40 bits per heavy atom. The lowest BCUT2D eigenvalue weighted by Crippen LogP contribution is -2.25. The molecule has 0 aliphatic carbocycles. The van der Waals surface area contributed by atoms with Gasteiger partial charge in [0, 0.05) is 19.2 Å². The molecule has 1 N–H and O–H groups in total. The number of carbonyl (C=O) groups excluding carboxylic acids is 1. The lowest BCUT2D eigenvalue weighted by Gasteiger charge is -2.32. The summed E-state index contributed by atoms with van der Waals surface area (Å²) in [6.45, 7) is 4.33. The van der Waals surface area contributed by atoms with E-state index in [1.165, 1.54) is 37.4 Å². The summed E-state index contributed by atoms with van der Waals surface area (Å²) in [7, 11) is 4.55. The van der Waals surface area contributed by atoms with Gasteiger partial charge in [0.05, 0.1) is 36.9 Å². The van der Waals surface area contributed by atoms with Crippen molar-refractivity contribution in [3.05, 3.63) is 123 Å². The minimum Gasteiger partial charge on any atom is -0.493 e. The van der Waals surface area contributed by atoms with Crippen LogP contribution in [0.5, 0.6) is 23.0 Å². The van der Waals surface area contributed by atoms with Crippen molar-refractivity contribution in [3.8, 4) is 23.0 Å². The molecule has 0 aromatic heterocycles. The number of aliphatic hydroxyl groups excluding tert-OH is 1. The highest BCUT2D eigenvalue weighted by atomic mass is 16.7. The highest BCUT2D eigenvalue weighted by Gasteiger charge is 2.32. The molecule has 4 aromatic rings. The number of esters is 1. The third-order valence-corrected chi connectivity index (χ3v) is 7.97. The Hall–Kier alpha value is -4.97. The molecule has 4 atom stereocenters. The highest BCUT2D eigenvalue weighted by molar-refractivity contribution is 5.91. The van der Waals surface area contributed by atoms with E-state index in [1.807, 2.05) is 62.4 Å². The number of non-ortho nitro benzene ring substituents is 1. The van der Waals surface area contributed by atoms with E-state index in [0.29, 0.717) is 23.7 Å². The molecule has 0 radical (unpaired) electrons. The molecule has 47 heavy (non-hydrogen) atoms. The fraction of sp³-hybridized carbons (Fsp3) is 0.306. The maximum Gasteiger partial charge on any atom is 0.343 e. The van der Waals surface area contributed by atoms with Gasteiger partial charge in [-0.15, -0.1) is 0 Å². The second kappa shape index (κ2) is 16.5. The minimum absolute atomic E-state index is 0.0367. The average Bonchev–Trinajstić information content (AvgIpc) is 3.10. The monoisotopic (exact) mass is 645 g/mol. The van der Waals surface area contributed by atoms with Gasteiger partial charge in [-0.05, 0) is 64.9 Å². The lowest BCUT2D eigenvalue weighted by atomic mass is 9.81. The Morgan fingerprint density at radius 1 is 0.787 bits per heavy atom. The van der Waals surface area contributed by atoms with Crippen molar-refractivity contribution in [3.63, 3.8) is 0 Å². The predicted octanol–water partition coefficient (Wildman–Crippen LogP) is 7.08. The van der Waals surface area contributed by atoms with Crippen molar-refractivity contribution < 1.29 is 43.2 Å². The van der Waals surface area contributed by atoms with Gasteiger partial charge in [0.25, 0.3) is 5.69 Å². The molecule has 248 valence electrons. The smallest absolute Gasteiger partial charge is 0.343 e. The first-order valence-electron chi connectivity index (χ1n) is 14.9. The topological polar surface area (TPSA) is 136 Å². The number of hydrogen-bond donors (Lipinski definition) is 1. The average molecular weight is 646 g/mol. The Morgan fingerprint density at radius 3 is 2.04 bits per heavy atom. The second-order valence-electron chi connectivity index (χ2n) is 10.9. The van der Waals surface area contributed by atoms with Crippen molar-refractivity contribution in [1.29, 1.82) is 0 Å². The summed E-state index contributed by atoms with van der Waals surface area (Å²) in [6.07, 6.45) is -1.41. The maximum atomic E-state index is 12.7. The third kappa shape index (κ3) is 8.85. The van der Waals surface area contributed by atoms with Crippen LogP contribution in [0.4, 0.5) is 5.69 Å². The Labute approximate surface area is 273 Å². The highest BCUT2D eigenvalue weighted by Crippen LogP contribution is 2.41. The molecule has 0 unspecified atom stereocenters. The summed E-state index contributed by atoms with van der Waals surface area (Å²) in [6, 6.07) is 25.3. The van der Waals surface area contributed by atoms with E-state index < -0.39 is 23.1 Å². The number of benzene rings is 4. The Bertz CT molecular complexity index is 1630. The molecule has 0 heterocycles. The van der Waals surface area contributed by atoms with E-state index in [0.717, 1.165) is 11.1 Å². The summed E-state index contributed by atoms with van der Waals surface area (Å²) in [5, 5.41) is 22.4. The molecule has 4 rings (SSSR count). The molecule has 11 nitrogen and oxygen atoms in total. The molecular weight excluding hydrogens is 606 g/mol. The molecule has 0 aliphatic heterocycles. The number of carbonyl (C=O) groups is 1. The van der Waals surface area contributed by atoms with Crippen molar-refractivity contribution in [1.82, 2.24) is 0 Å². The predicted molar refractivity (Wildman–Crippen MR) is 174 cm³/mol. The van der Waals surface area contributed by atoms with E-state index >= 15 is 0 Å². The van der Waals surface area contributed by atoms with Gasteiger partial charge < -0.3 is 33.5 Å². The van der Waals surface area contributed by atoms with E-state index in [-0.39, 0.29) is 41.4 Å². The summed E-state index contributed by atoms with van der Waals surface area (Å²) in [5.74, 6) is 0.261. The number of nitro groups is 1. The third-order valence-electron chi connectivity index (χ3n) is 7.97. The van der Waals surface area contributed by atoms with Crippen LogP contribution in [0.3, 0.4) is 0 Å². The lowest BCUT2D eigenvalue weighted by molar-refractivity contribution is -0.384. The van der Waals surface area contributed by atoms with Crippen LogP contribution in [0.1, 0.15) is 53.1 Å². The molecule has 0 amide bonds. The van der Waals surface area contributed by atoms with Gasteiger partial charge in [-0.2, -0.15) is 0 Å². The van der Waals surface area contributed by atoms with Crippen LogP contribution in [0.25, 0.3) is 0 Å². The van der Waals surface area contributed by atoms with Crippen LogP contribution in [0, 0.1) is 22.0 Å². The van der Waals surface area contributed by atoms with E-state index in [4.69, 9.17) is 28.4 Å². The first-order chi connectivity index (χ1) is 22.7. The van der Waals surface area contributed by atoms with E-state index in [9.17, 15) is 20.0 Å². The van der Waals surface area contributed by atoms with Crippen LogP contribution in [0.2, 0.25) is 0 Å². The van der Waals surface area contributed by atoms with E-state index in [1.54, 1.807) is 26.4 Å². The van der Waals surface area contributed by atoms with Gasteiger partial charge in [0.1, 0.15) is 13.4 Å². The molecule has 0 saturated carbocycles. The molecule has 0 saturated heterocycles. The van der Waals surface area contributed by atoms with Gasteiger partial charge in [0.15, 0.2) is 23.0 Å². The number of rotatable bonds is 16. The minimum atomic E-state index is -0.942. The second-order valence-corrected chi connectivity index (χ2v) is 10.9. The molecule has 0 bridgehead atoms. The first kappa shape index (κ1) is 34.9. The zero-order valence-electron chi connectivity index (χ0n) is 27.0. The van der Waals surface area contributed by atoms with Crippen LogP contribution in [-0.2, 0) is 16.1 Å². The summed E-state index contributed by atoms with van der Waals surface area (Å²) >= 11 is 0. The fourth-order valence-electron chi connectivity index (χ4n) is 5.11. The van der Waals surface area contributed by atoms with E-state index in [2.05, 4.69) is 0 Å². The van der Waals surface area contributed by atoms with Crippen molar-refractivity contribution >= 4 is 11.7 Å². The summed E-state index contributed by atoms with van der Waals surface area (Å²) in [4.78, 5) is 23.1. The van der Waals surface area contributed by atoms with Crippen LogP contribution >= 0.6 is 0 Å². The van der Waals surface area contributed by atoms with Gasteiger partial charge in [0.2, 0.25) is 0 Å². The van der Waals surface area contributed by atoms with Crippen LogP contribution in [0.15, 0.2) is 91.0 Å². The van der Waals surface area contributed by atoms with Gasteiger partial charge in [-0.1, -0.05) is 56.3 Å². The van der Waals surface area contributed by atoms with Crippen molar-refractivity contribution in [2.24, 2.45) is 11.8 Å². The van der Waals surface area contributed by atoms with Crippen LogP contribution < -0.4 is 18.9 Å². The largest absolute Gasteiger partial charge is 0.493 e. The Kier molecular flexibility index (Phi) is 12.3. The van der Waals surface area contributed by atoms with Crippen molar-refractivity contribution in [2.45, 2.75) is 32.7 Å². The zero-order valence-corrected chi connectivity index (χ0v) is 27.0. The van der Waals surface area contributed by atoms with Gasteiger partial charge >= 0.3 is 5.97 Å². The number of hydrogen-bond acceptors (Lipinski definition) is 10. The number of nitro benzene ring substituents is 1. The zero-order chi connectivity index (χ0) is 33.9. The summed E-state index contributed by atoms with van der Waals surface area (Å²) in [5.41, 5.74) is 2.40. The standard InChI is InChI=1S/C36H39NO10/c1-23(34(38)27-13-18-31(33(19-27)44-5)47-36(39)26-11-15-29(16-12-26)37(40)41)24(2)35(46-22-42-3)28-14-17-30(32(20-28)43-4)45-21-25-9-7-6-8-10-25/h6-20,23-24,34-35,38H,21-22H2,1-5H3/t23-,24-,34-,35+/m1/s1. The SMILES string of the molecule is COCO[C@H](c1ccc(OCc2ccccc2)c(OC)c1)[C@H](C)[C@@H](C)[C@@H](O)c1ccc(OC(=O)c2ccc([N+](=O)[O-])cc2)c(OC)c1. The number of aliphatic hydroxyl groups is 1. The molecule has 0 spiro atoms. The first-order valence-corrected chi connectivity index (χ1v) is 14.9. The molecule has 11 heteroatoms. The van der Waals surface area contributed by atoms with Crippen molar-refractivity contribution in [2.75, 3.05) is 28.1 Å². The van der Waals surface area contributed by atoms with Gasteiger partial charge in [-0.3, -0.25) is 10.1 Å². The quantitative estimate of drug-likeness (QED) is 0.0443. The van der Waals surface area contributed by atoms with Gasteiger partial charge in [-0.25, -0.2) is 4.79 Å². The number of methoxy groups -OCH3 is 3. The fourth-order valence-corrected chi connectivity index (χ4v) is 5.11. The Balaban J connectivity index is 1.50. The summed E-state index contributed by atoms with van der Waals surface area (Å²) < 4.78 is 34.0. The molecular formula is C36H39NO10. The molecule has 0 aliphatic rings. The molecule has 4 aromatic carbocycles. The number of nitrogens with zero attached hydrogens (tertiary/aromatic N) is 1.